The van der Waals surface area contributed by atoms with Gasteiger partial charge in [0.1, 0.15) is 0 Å². The van der Waals surface area contributed by atoms with Gasteiger partial charge in [0.25, 0.3) is 5.91 Å². The van der Waals surface area contributed by atoms with E-state index in [1.807, 2.05) is 61.5 Å². The molecule has 0 unspecified atom stereocenters. The van der Waals surface area contributed by atoms with Crippen molar-refractivity contribution in [2.24, 2.45) is 0 Å². The molecule has 0 bridgehead atoms. The molecule has 2 aromatic carbocycles. The van der Waals surface area contributed by atoms with Gasteiger partial charge in [-0.15, -0.1) is 0 Å². The molecule has 1 aliphatic rings. The summed E-state index contributed by atoms with van der Waals surface area (Å²) in [6, 6.07) is 15.0. The van der Waals surface area contributed by atoms with Crippen molar-refractivity contribution in [2.45, 2.75) is 6.92 Å². The zero-order valence-electron chi connectivity index (χ0n) is 13.9. The van der Waals surface area contributed by atoms with Crippen molar-refractivity contribution in [3.05, 3.63) is 59.0 Å². The second-order valence-corrected chi connectivity index (χ2v) is 6.87. The Labute approximate surface area is 156 Å². The predicted octanol–water partition coefficient (Wildman–Crippen LogP) is 4.50. The molecular formula is C19H17NO3S2. The topological polar surface area (TPSA) is 38.8 Å². The molecule has 1 amide bonds. The summed E-state index contributed by atoms with van der Waals surface area (Å²) in [6.07, 6.45) is 1.82. The maximum atomic E-state index is 12.7. The van der Waals surface area contributed by atoms with Gasteiger partial charge in [-0.25, -0.2) is 0 Å². The largest absolute Gasteiger partial charge is 0.493 e. The fourth-order valence-electron chi connectivity index (χ4n) is 2.47. The Balaban J connectivity index is 1.91. The van der Waals surface area contributed by atoms with Crippen molar-refractivity contribution in [3.8, 4) is 11.5 Å². The van der Waals surface area contributed by atoms with E-state index in [-0.39, 0.29) is 5.91 Å². The van der Waals surface area contributed by atoms with Crippen molar-refractivity contribution >= 4 is 46.0 Å². The maximum absolute atomic E-state index is 12.7. The molecule has 4 nitrogen and oxygen atoms in total. The first-order valence-electron chi connectivity index (χ1n) is 7.78. The Morgan fingerprint density at radius 2 is 1.92 bits per heavy atom. The van der Waals surface area contributed by atoms with E-state index >= 15 is 0 Å². The third kappa shape index (κ3) is 3.70. The minimum Gasteiger partial charge on any atom is -0.493 e. The van der Waals surface area contributed by atoms with Crippen LogP contribution in [-0.2, 0) is 4.79 Å². The van der Waals surface area contributed by atoms with E-state index in [0.29, 0.717) is 27.3 Å². The Hall–Kier alpha value is -2.31. The van der Waals surface area contributed by atoms with E-state index in [4.69, 9.17) is 21.7 Å². The molecule has 0 spiro atoms. The fraction of sp³-hybridized carbons (Fsp3) is 0.158. The van der Waals surface area contributed by atoms with Gasteiger partial charge < -0.3 is 9.47 Å². The average Bonchev–Trinajstić information content (AvgIpc) is 2.90. The smallest absolute Gasteiger partial charge is 0.270 e. The minimum absolute atomic E-state index is 0.116. The lowest BCUT2D eigenvalue weighted by Gasteiger charge is -2.13. The molecule has 6 heteroatoms. The molecule has 1 fully saturated rings. The van der Waals surface area contributed by atoms with Crippen LogP contribution in [0.25, 0.3) is 6.08 Å². The van der Waals surface area contributed by atoms with Crippen molar-refractivity contribution in [3.63, 3.8) is 0 Å². The van der Waals surface area contributed by atoms with Crippen LogP contribution in [0, 0.1) is 0 Å². The summed E-state index contributed by atoms with van der Waals surface area (Å²) in [4.78, 5) is 14.9. The van der Waals surface area contributed by atoms with E-state index in [9.17, 15) is 4.79 Å². The second kappa shape index (κ2) is 7.72. The number of methoxy groups -OCH3 is 1. The third-order valence-corrected chi connectivity index (χ3v) is 4.90. The SMILES string of the molecule is CCOc1cc(/C=C2/SC(=S)N(c3ccccc3)C2=O)ccc1OC. The molecule has 0 radical (unpaired) electrons. The van der Waals surface area contributed by atoms with E-state index in [1.165, 1.54) is 11.8 Å². The molecule has 3 rings (SSSR count). The summed E-state index contributed by atoms with van der Waals surface area (Å²) in [5.74, 6) is 1.20. The van der Waals surface area contributed by atoms with Crippen LogP contribution in [0.15, 0.2) is 53.4 Å². The summed E-state index contributed by atoms with van der Waals surface area (Å²) in [5, 5.41) is 0. The first kappa shape index (κ1) is 17.5. The van der Waals surface area contributed by atoms with Crippen LogP contribution in [0.1, 0.15) is 12.5 Å². The zero-order valence-corrected chi connectivity index (χ0v) is 15.5. The summed E-state index contributed by atoms with van der Waals surface area (Å²) in [6.45, 7) is 2.45. The van der Waals surface area contributed by atoms with Crippen molar-refractivity contribution < 1.29 is 14.3 Å². The lowest BCUT2D eigenvalue weighted by molar-refractivity contribution is -0.113. The number of ether oxygens (including phenoxy) is 2. The molecule has 0 N–H and O–H groups in total. The average molecular weight is 371 g/mol. The highest BCUT2D eigenvalue weighted by atomic mass is 32.2. The summed E-state index contributed by atoms with van der Waals surface area (Å²) in [7, 11) is 1.60. The number of nitrogens with zero attached hydrogens (tertiary/aromatic N) is 1. The first-order chi connectivity index (χ1) is 12.1. The number of carbonyl (C=O) groups is 1. The number of amides is 1. The summed E-state index contributed by atoms with van der Waals surface area (Å²) >= 11 is 6.68. The number of hydrogen-bond acceptors (Lipinski definition) is 5. The van der Waals surface area contributed by atoms with Crippen molar-refractivity contribution in [2.75, 3.05) is 18.6 Å². The first-order valence-corrected chi connectivity index (χ1v) is 9.00. The van der Waals surface area contributed by atoms with Gasteiger partial charge in [-0.05, 0) is 42.8 Å². The highest BCUT2D eigenvalue weighted by Crippen LogP contribution is 2.37. The Morgan fingerprint density at radius 1 is 1.16 bits per heavy atom. The van der Waals surface area contributed by atoms with Gasteiger partial charge in [-0.1, -0.05) is 48.2 Å². The lowest BCUT2D eigenvalue weighted by atomic mass is 10.2. The molecule has 25 heavy (non-hydrogen) atoms. The lowest BCUT2D eigenvalue weighted by Crippen LogP contribution is -2.27. The molecule has 0 aliphatic carbocycles. The van der Waals surface area contributed by atoms with Crippen LogP contribution in [0.2, 0.25) is 0 Å². The number of anilines is 1. The van der Waals surface area contributed by atoms with E-state index in [1.54, 1.807) is 12.0 Å². The molecule has 1 heterocycles. The molecule has 0 aromatic heterocycles. The van der Waals surface area contributed by atoms with Gasteiger partial charge >= 0.3 is 0 Å². The quantitative estimate of drug-likeness (QED) is 0.572. The number of benzene rings is 2. The van der Waals surface area contributed by atoms with E-state index in [2.05, 4.69) is 0 Å². The summed E-state index contributed by atoms with van der Waals surface area (Å²) < 4.78 is 11.4. The second-order valence-electron chi connectivity index (χ2n) is 5.20. The molecule has 1 aliphatic heterocycles. The maximum Gasteiger partial charge on any atom is 0.270 e. The third-order valence-electron chi connectivity index (χ3n) is 3.59. The number of rotatable bonds is 5. The van der Waals surface area contributed by atoms with Gasteiger partial charge in [-0.3, -0.25) is 9.69 Å². The molecule has 0 atom stereocenters. The van der Waals surface area contributed by atoms with E-state index < -0.39 is 0 Å². The van der Waals surface area contributed by atoms with Crippen LogP contribution in [0.3, 0.4) is 0 Å². The highest BCUT2D eigenvalue weighted by Gasteiger charge is 2.33. The van der Waals surface area contributed by atoms with Gasteiger partial charge in [0.2, 0.25) is 0 Å². The van der Waals surface area contributed by atoms with Crippen molar-refractivity contribution in [1.82, 2.24) is 0 Å². The Bertz CT molecular complexity index is 834. The van der Waals surface area contributed by atoms with Crippen LogP contribution < -0.4 is 14.4 Å². The van der Waals surface area contributed by atoms with Crippen molar-refractivity contribution in [1.29, 1.82) is 0 Å². The van der Waals surface area contributed by atoms with Crippen LogP contribution in [0.4, 0.5) is 5.69 Å². The van der Waals surface area contributed by atoms with Gasteiger partial charge in [0.05, 0.1) is 24.3 Å². The number of para-hydroxylation sites is 1. The predicted molar refractivity (Wildman–Crippen MR) is 106 cm³/mol. The van der Waals surface area contributed by atoms with Crippen LogP contribution >= 0.6 is 24.0 Å². The number of thiocarbonyl (C=S) groups is 1. The Morgan fingerprint density at radius 3 is 2.60 bits per heavy atom. The monoisotopic (exact) mass is 371 g/mol. The minimum atomic E-state index is -0.116. The van der Waals surface area contributed by atoms with Crippen LogP contribution in [0.5, 0.6) is 11.5 Å². The number of carbonyl (C=O) groups excluding carboxylic acids is 1. The van der Waals surface area contributed by atoms with E-state index in [0.717, 1.165) is 11.3 Å². The normalized spacial score (nSPS) is 15.8. The zero-order chi connectivity index (χ0) is 17.8. The molecular weight excluding hydrogens is 354 g/mol. The van der Waals surface area contributed by atoms with Gasteiger partial charge in [-0.2, -0.15) is 0 Å². The fourth-order valence-corrected chi connectivity index (χ4v) is 3.77. The molecule has 1 saturated heterocycles. The molecule has 2 aromatic rings. The summed E-state index contributed by atoms with van der Waals surface area (Å²) in [5.41, 5.74) is 1.64. The number of thioether (sulfide) groups is 1. The molecule has 128 valence electrons. The standard InChI is InChI=1S/C19H17NO3S2/c1-3-23-16-11-13(9-10-15(16)22-2)12-17-18(21)20(19(24)25-17)14-7-5-4-6-8-14/h4-12H,3H2,1-2H3/b17-12+. The van der Waals surface area contributed by atoms with Gasteiger partial charge in [0, 0.05) is 0 Å². The highest BCUT2D eigenvalue weighted by molar-refractivity contribution is 8.27. The van der Waals surface area contributed by atoms with Gasteiger partial charge in [0.15, 0.2) is 15.8 Å². The number of hydrogen-bond donors (Lipinski definition) is 0. The molecule has 0 saturated carbocycles. The Kier molecular flexibility index (Phi) is 5.40. The van der Waals surface area contributed by atoms with Crippen LogP contribution in [-0.4, -0.2) is 23.9 Å².